The normalized spacial score (nSPS) is 10.6. The first kappa shape index (κ1) is 17.0. The third-order valence-electron chi connectivity index (χ3n) is 2.55. The number of anilines is 1. The third kappa shape index (κ3) is 6.27. The van der Waals surface area contributed by atoms with E-state index >= 15 is 0 Å². The topological polar surface area (TPSA) is 70.7 Å². The molecule has 1 aromatic rings. The molecule has 0 radical (unpaired) electrons. The maximum absolute atomic E-state index is 11.8. The molecule has 0 spiro atoms. The Kier molecular flexibility index (Phi) is 6.68. The van der Waals surface area contributed by atoms with E-state index in [-0.39, 0.29) is 6.10 Å². The lowest BCUT2D eigenvalue weighted by Crippen LogP contribution is -2.38. The molecule has 1 rings (SSSR count). The number of likely N-dealkylation sites (N-methyl/N-ethyl adjacent to an activating group) is 1. The van der Waals surface area contributed by atoms with Gasteiger partial charge in [-0.05, 0) is 40.1 Å². The summed E-state index contributed by atoms with van der Waals surface area (Å²) in [5.41, 5.74) is 0.485. The van der Waals surface area contributed by atoms with Crippen LogP contribution in [0.1, 0.15) is 13.8 Å². The summed E-state index contributed by atoms with van der Waals surface area (Å²) in [6.07, 6.45) is -0.0167. The number of nitrogens with one attached hydrogen (secondary N) is 2. The average molecular weight is 293 g/mol. The fourth-order valence-corrected chi connectivity index (χ4v) is 1.58. The molecule has 0 aliphatic carbocycles. The molecule has 0 heterocycles. The van der Waals surface area contributed by atoms with E-state index in [9.17, 15) is 9.59 Å². The first-order valence-corrected chi connectivity index (χ1v) is 6.89. The zero-order valence-electron chi connectivity index (χ0n) is 13.0. The van der Waals surface area contributed by atoms with E-state index in [4.69, 9.17) is 4.74 Å². The molecule has 0 saturated heterocycles. The van der Waals surface area contributed by atoms with Crippen molar-refractivity contribution in [3.63, 3.8) is 0 Å². The van der Waals surface area contributed by atoms with Gasteiger partial charge in [0.25, 0.3) is 0 Å². The summed E-state index contributed by atoms with van der Waals surface area (Å²) in [6, 6.07) is 7.03. The van der Waals surface area contributed by atoms with Gasteiger partial charge in [0.1, 0.15) is 5.75 Å². The van der Waals surface area contributed by atoms with Crippen LogP contribution in [0, 0.1) is 0 Å². The minimum Gasteiger partial charge on any atom is -0.489 e. The van der Waals surface area contributed by atoms with Crippen LogP contribution in [-0.4, -0.2) is 50.0 Å². The van der Waals surface area contributed by atoms with Gasteiger partial charge in [0.05, 0.1) is 11.8 Å². The molecule has 0 bridgehead atoms. The second-order valence-corrected chi connectivity index (χ2v) is 5.18. The molecule has 116 valence electrons. The van der Waals surface area contributed by atoms with Crippen LogP contribution in [0.5, 0.6) is 5.75 Å². The van der Waals surface area contributed by atoms with Gasteiger partial charge in [-0.2, -0.15) is 0 Å². The van der Waals surface area contributed by atoms with Gasteiger partial charge < -0.3 is 20.3 Å². The van der Waals surface area contributed by atoms with Gasteiger partial charge in [0.2, 0.25) is 0 Å². The molecule has 21 heavy (non-hydrogen) atoms. The quantitative estimate of drug-likeness (QED) is 0.770. The number of ether oxygens (including phenoxy) is 1. The molecule has 1 aromatic carbocycles. The van der Waals surface area contributed by atoms with Gasteiger partial charge in [0.15, 0.2) is 0 Å². The molecule has 0 aromatic heterocycles. The summed E-state index contributed by atoms with van der Waals surface area (Å²) in [5.74, 6) is -0.813. The van der Waals surface area contributed by atoms with E-state index in [0.29, 0.717) is 24.5 Å². The Labute approximate surface area is 125 Å². The van der Waals surface area contributed by atoms with Crippen molar-refractivity contribution in [3.05, 3.63) is 24.3 Å². The zero-order valence-corrected chi connectivity index (χ0v) is 13.0. The minimum absolute atomic E-state index is 0.0167. The lowest BCUT2D eigenvalue weighted by atomic mass is 10.3. The van der Waals surface area contributed by atoms with Crippen LogP contribution < -0.4 is 15.4 Å². The smallest absolute Gasteiger partial charge is 0.313 e. The molecule has 0 saturated carbocycles. The van der Waals surface area contributed by atoms with Crippen molar-refractivity contribution < 1.29 is 14.3 Å². The Morgan fingerprint density at radius 1 is 1.19 bits per heavy atom. The minimum atomic E-state index is -0.700. The molecule has 2 N–H and O–H groups in total. The molecule has 0 aliphatic heterocycles. The second-order valence-electron chi connectivity index (χ2n) is 5.18. The molecular weight excluding hydrogens is 270 g/mol. The van der Waals surface area contributed by atoms with Crippen LogP contribution in [-0.2, 0) is 9.59 Å². The summed E-state index contributed by atoms with van der Waals surface area (Å²) in [6.45, 7) is 4.88. The highest BCUT2D eigenvalue weighted by molar-refractivity contribution is 6.39. The molecular formula is C15H23N3O3. The van der Waals surface area contributed by atoms with Gasteiger partial charge >= 0.3 is 11.8 Å². The molecule has 2 amide bonds. The number of hydrogen-bond acceptors (Lipinski definition) is 4. The molecule has 0 aliphatic rings. The van der Waals surface area contributed by atoms with Crippen molar-refractivity contribution in [1.29, 1.82) is 0 Å². The Morgan fingerprint density at radius 3 is 2.48 bits per heavy atom. The fourth-order valence-electron chi connectivity index (χ4n) is 1.58. The average Bonchev–Trinajstić information content (AvgIpc) is 2.39. The van der Waals surface area contributed by atoms with E-state index in [0.717, 1.165) is 0 Å². The summed E-state index contributed by atoms with van der Waals surface area (Å²) in [5, 5.41) is 5.13. The Hall–Kier alpha value is -2.08. The lowest BCUT2D eigenvalue weighted by molar-refractivity contribution is -0.136. The van der Waals surface area contributed by atoms with Crippen LogP contribution in [0.3, 0.4) is 0 Å². The highest BCUT2D eigenvalue weighted by Crippen LogP contribution is 2.24. The van der Waals surface area contributed by atoms with E-state index in [1.54, 1.807) is 18.2 Å². The molecule has 0 fully saturated rings. The van der Waals surface area contributed by atoms with Gasteiger partial charge in [-0.15, -0.1) is 0 Å². The largest absolute Gasteiger partial charge is 0.489 e. The van der Waals surface area contributed by atoms with E-state index in [1.165, 1.54) is 0 Å². The van der Waals surface area contributed by atoms with Crippen molar-refractivity contribution in [2.75, 3.05) is 32.5 Å². The number of benzene rings is 1. The predicted octanol–water partition coefficient (Wildman–Crippen LogP) is 1.09. The predicted molar refractivity (Wildman–Crippen MR) is 82.4 cm³/mol. The van der Waals surface area contributed by atoms with Gasteiger partial charge in [0, 0.05) is 13.1 Å². The van der Waals surface area contributed by atoms with Crippen molar-refractivity contribution >= 4 is 17.5 Å². The van der Waals surface area contributed by atoms with E-state index in [2.05, 4.69) is 10.6 Å². The van der Waals surface area contributed by atoms with Crippen molar-refractivity contribution in [3.8, 4) is 5.75 Å². The highest BCUT2D eigenvalue weighted by Gasteiger charge is 2.15. The van der Waals surface area contributed by atoms with Gasteiger partial charge in [-0.1, -0.05) is 12.1 Å². The summed E-state index contributed by atoms with van der Waals surface area (Å²) < 4.78 is 5.59. The number of carbonyl (C=O) groups excluding carboxylic acids is 2. The standard InChI is InChI=1S/C15H23N3O3/c1-11(2)21-13-8-6-5-7-12(13)17-15(20)14(19)16-9-10-18(3)4/h5-8,11H,9-10H2,1-4H3,(H,16,19)(H,17,20). The second kappa shape index (κ2) is 8.26. The Balaban J connectivity index is 2.60. The van der Waals surface area contributed by atoms with Crippen molar-refractivity contribution in [2.24, 2.45) is 0 Å². The monoisotopic (exact) mass is 293 g/mol. The number of rotatable bonds is 6. The Bertz CT molecular complexity index is 487. The first-order chi connectivity index (χ1) is 9.90. The van der Waals surface area contributed by atoms with Crippen LogP contribution in [0.2, 0.25) is 0 Å². The van der Waals surface area contributed by atoms with Gasteiger partial charge in [-0.25, -0.2) is 0 Å². The fraction of sp³-hybridized carbons (Fsp3) is 0.467. The maximum Gasteiger partial charge on any atom is 0.313 e. The number of carbonyl (C=O) groups is 2. The number of nitrogens with zero attached hydrogens (tertiary/aromatic N) is 1. The zero-order chi connectivity index (χ0) is 15.8. The van der Waals surface area contributed by atoms with Crippen LogP contribution >= 0.6 is 0 Å². The first-order valence-electron chi connectivity index (χ1n) is 6.89. The molecule has 0 unspecified atom stereocenters. The summed E-state index contributed by atoms with van der Waals surface area (Å²) >= 11 is 0. The molecule has 0 atom stereocenters. The summed E-state index contributed by atoms with van der Waals surface area (Å²) in [7, 11) is 3.79. The Morgan fingerprint density at radius 2 is 1.86 bits per heavy atom. The van der Waals surface area contributed by atoms with E-state index < -0.39 is 11.8 Å². The maximum atomic E-state index is 11.8. The van der Waals surface area contributed by atoms with Gasteiger partial charge in [-0.3, -0.25) is 9.59 Å². The van der Waals surface area contributed by atoms with E-state index in [1.807, 2.05) is 38.9 Å². The van der Waals surface area contributed by atoms with Crippen LogP contribution in [0.15, 0.2) is 24.3 Å². The number of hydrogen-bond donors (Lipinski definition) is 2. The number of para-hydroxylation sites is 2. The molecule has 6 nitrogen and oxygen atoms in total. The molecule has 6 heteroatoms. The van der Waals surface area contributed by atoms with Crippen molar-refractivity contribution in [1.82, 2.24) is 10.2 Å². The van der Waals surface area contributed by atoms with Crippen LogP contribution in [0.25, 0.3) is 0 Å². The third-order valence-corrected chi connectivity index (χ3v) is 2.55. The highest BCUT2D eigenvalue weighted by atomic mass is 16.5. The summed E-state index contributed by atoms with van der Waals surface area (Å²) in [4.78, 5) is 25.4. The van der Waals surface area contributed by atoms with Crippen LogP contribution in [0.4, 0.5) is 5.69 Å². The lowest BCUT2D eigenvalue weighted by Gasteiger charge is -2.15. The SMILES string of the molecule is CC(C)Oc1ccccc1NC(=O)C(=O)NCCN(C)C. The van der Waals surface area contributed by atoms with Crippen molar-refractivity contribution in [2.45, 2.75) is 20.0 Å². The number of amides is 2.